The molecule has 0 amide bonds. The van der Waals surface area contributed by atoms with Gasteiger partial charge in [0.1, 0.15) is 6.33 Å². The van der Waals surface area contributed by atoms with Crippen molar-refractivity contribution < 1.29 is 8.42 Å². The molecule has 1 atom stereocenters. The van der Waals surface area contributed by atoms with Crippen molar-refractivity contribution in [3.8, 4) is 0 Å². The third-order valence-electron chi connectivity index (χ3n) is 4.57. The zero-order valence-electron chi connectivity index (χ0n) is 14.2. The number of hydrogen-bond donors (Lipinski definition) is 0. The molecule has 6 nitrogen and oxygen atoms in total. The zero-order chi connectivity index (χ0) is 17.2. The van der Waals surface area contributed by atoms with Crippen LogP contribution in [0.25, 0.3) is 0 Å². The van der Waals surface area contributed by atoms with Crippen LogP contribution in [-0.2, 0) is 23.5 Å². The Kier molecular flexibility index (Phi) is 5.01. The number of aryl methyl sites for hydroxylation is 2. The van der Waals surface area contributed by atoms with Gasteiger partial charge in [0.05, 0.1) is 10.9 Å². The third kappa shape index (κ3) is 3.23. The highest BCUT2D eigenvalue weighted by atomic mass is 32.2. The van der Waals surface area contributed by atoms with Crippen LogP contribution in [0.2, 0.25) is 0 Å². The second-order valence-corrected chi connectivity index (χ2v) is 8.21. The summed E-state index contributed by atoms with van der Waals surface area (Å²) in [5, 5.41) is 8.05. The Hall–Kier alpha value is -1.73. The van der Waals surface area contributed by atoms with Gasteiger partial charge in [-0.05, 0) is 37.0 Å². The first-order valence-corrected chi connectivity index (χ1v) is 9.92. The Morgan fingerprint density at radius 2 is 1.96 bits per heavy atom. The SMILES string of the molecule is CCCc1ccc(S(=O)(=O)N2CCCCC2c2nncn2C)cc1. The molecule has 0 radical (unpaired) electrons. The minimum Gasteiger partial charge on any atom is -0.319 e. The normalized spacial score (nSPS) is 19.5. The van der Waals surface area contributed by atoms with E-state index in [0.29, 0.717) is 17.3 Å². The van der Waals surface area contributed by atoms with Gasteiger partial charge in [-0.2, -0.15) is 4.31 Å². The van der Waals surface area contributed by atoms with Gasteiger partial charge in [-0.25, -0.2) is 8.42 Å². The third-order valence-corrected chi connectivity index (χ3v) is 6.49. The van der Waals surface area contributed by atoms with E-state index in [4.69, 9.17) is 0 Å². The summed E-state index contributed by atoms with van der Waals surface area (Å²) in [5.74, 6) is 0.709. The smallest absolute Gasteiger partial charge is 0.243 e. The Morgan fingerprint density at radius 1 is 1.21 bits per heavy atom. The molecule has 2 aromatic rings. The molecule has 0 aliphatic carbocycles. The van der Waals surface area contributed by atoms with E-state index in [9.17, 15) is 8.42 Å². The maximum Gasteiger partial charge on any atom is 0.243 e. The van der Waals surface area contributed by atoms with E-state index >= 15 is 0 Å². The van der Waals surface area contributed by atoms with Gasteiger partial charge in [0.15, 0.2) is 5.82 Å². The number of benzene rings is 1. The maximum atomic E-state index is 13.1. The average Bonchev–Trinajstić information content (AvgIpc) is 3.01. The predicted molar refractivity (Wildman–Crippen MR) is 91.9 cm³/mol. The quantitative estimate of drug-likeness (QED) is 0.833. The summed E-state index contributed by atoms with van der Waals surface area (Å²) in [6.07, 6.45) is 6.28. The lowest BCUT2D eigenvalue weighted by atomic mass is 10.0. The molecule has 3 rings (SSSR count). The number of rotatable bonds is 5. The Balaban J connectivity index is 1.92. The van der Waals surface area contributed by atoms with Crippen LogP contribution in [0.4, 0.5) is 0 Å². The van der Waals surface area contributed by atoms with Crippen molar-refractivity contribution in [3.63, 3.8) is 0 Å². The van der Waals surface area contributed by atoms with Gasteiger partial charge < -0.3 is 4.57 Å². The zero-order valence-corrected chi connectivity index (χ0v) is 15.0. The molecule has 1 aromatic carbocycles. The Bertz CT molecular complexity index is 783. The molecule has 1 unspecified atom stereocenters. The minimum atomic E-state index is -3.53. The molecule has 0 bridgehead atoms. The number of hydrogen-bond acceptors (Lipinski definition) is 4. The molecule has 1 aliphatic rings. The average molecular weight is 348 g/mol. The molecule has 1 aliphatic heterocycles. The summed E-state index contributed by atoms with van der Waals surface area (Å²) in [6, 6.07) is 7.03. The maximum absolute atomic E-state index is 13.1. The van der Waals surface area contributed by atoms with Gasteiger partial charge in [0.2, 0.25) is 10.0 Å². The highest BCUT2D eigenvalue weighted by Crippen LogP contribution is 2.34. The molecule has 1 fully saturated rings. The van der Waals surface area contributed by atoms with Gasteiger partial charge in [-0.1, -0.05) is 31.9 Å². The first-order valence-electron chi connectivity index (χ1n) is 8.48. The first kappa shape index (κ1) is 17.1. The molecule has 2 heterocycles. The van der Waals surface area contributed by atoms with Crippen LogP contribution >= 0.6 is 0 Å². The molecule has 0 saturated carbocycles. The fourth-order valence-corrected chi connectivity index (χ4v) is 4.95. The molecule has 1 saturated heterocycles. The van der Waals surface area contributed by atoms with Crippen molar-refractivity contribution >= 4 is 10.0 Å². The van der Waals surface area contributed by atoms with Crippen molar-refractivity contribution in [1.82, 2.24) is 19.1 Å². The lowest BCUT2D eigenvalue weighted by Crippen LogP contribution is -2.39. The van der Waals surface area contributed by atoms with E-state index in [2.05, 4.69) is 17.1 Å². The minimum absolute atomic E-state index is 0.244. The predicted octanol–water partition coefficient (Wildman–Crippen LogP) is 2.68. The second kappa shape index (κ2) is 7.03. The highest BCUT2D eigenvalue weighted by Gasteiger charge is 2.36. The topological polar surface area (TPSA) is 68.1 Å². The highest BCUT2D eigenvalue weighted by molar-refractivity contribution is 7.89. The van der Waals surface area contributed by atoms with Crippen LogP contribution in [0.1, 0.15) is 50.0 Å². The largest absolute Gasteiger partial charge is 0.319 e. The van der Waals surface area contributed by atoms with Crippen LogP contribution in [-0.4, -0.2) is 34.0 Å². The fourth-order valence-electron chi connectivity index (χ4n) is 3.30. The van der Waals surface area contributed by atoms with Gasteiger partial charge in [-0.3, -0.25) is 0 Å². The van der Waals surface area contributed by atoms with Crippen LogP contribution in [0.5, 0.6) is 0 Å². The number of nitrogens with zero attached hydrogens (tertiary/aromatic N) is 4. The number of aromatic nitrogens is 3. The summed E-state index contributed by atoms with van der Waals surface area (Å²) in [4.78, 5) is 0.358. The Morgan fingerprint density at radius 3 is 2.58 bits per heavy atom. The fraction of sp³-hybridized carbons (Fsp3) is 0.529. The first-order chi connectivity index (χ1) is 11.5. The van der Waals surface area contributed by atoms with E-state index in [1.165, 1.54) is 5.56 Å². The van der Waals surface area contributed by atoms with Crippen LogP contribution in [0, 0.1) is 0 Å². The van der Waals surface area contributed by atoms with Crippen molar-refractivity contribution in [1.29, 1.82) is 0 Å². The standard InChI is InChI=1S/C17H24N4O2S/c1-3-6-14-8-10-15(11-9-14)24(22,23)21-12-5-4-7-16(21)17-19-18-13-20(17)2/h8-11,13,16H,3-7,12H2,1-2H3. The van der Waals surface area contributed by atoms with E-state index in [-0.39, 0.29) is 6.04 Å². The van der Waals surface area contributed by atoms with E-state index in [1.807, 2.05) is 23.7 Å². The van der Waals surface area contributed by atoms with Gasteiger partial charge in [-0.15, -0.1) is 10.2 Å². The summed E-state index contributed by atoms with van der Waals surface area (Å²) in [5.41, 5.74) is 1.17. The monoisotopic (exact) mass is 348 g/mol. The van der Waals surface area contributed by atoms with Gasteiger partial charge in [0, 0.05) is 13.6 Å². The van der Waals surface area contributed by atoms with Crippen molar-refractivity contribution in [2.45, 2.75) is 50.0 Å². The van der Waals surface area contributed by atoms with Gasteiger partial charge >= 0.3 is 0 Å². The number of sulfonamides is 1. The molecular formula is C17H24N4O2S. The molecule has 0 N–H and O–H groups in total. The molecular weight excluding hydrogens is 324 g/mol. The van der Waals surface area contributed by atoms with Crippen molar-refractivity contribution in [3.05, 3.63) is 42.0 Å². The number of piperidine rings is 1. The van der Waals surface area contributed by atoms with E-state index in [1.54, 1.807) is 22.8 Å². The molecule has 7 heteroatoms. The van der Waals surface area contributed by atoms with Crippen molar-refractivity contribution in [2.24, 2.45) is 7.05 Å². The second-order valence-electron chi connectivity index (χ2n) is 6.32. The van der Waals surface area contributed by atoms with E-state index in [0.717, 1.165) is 32.1 Å². The molecule has 1 aromatic heterocycles. The molecule has 24 heavy (non-hydrogen) atoms. The van der Waals surface area contributed by atoms with Crippen molar-refractivity contribution in [2.75, 3.05) is 6.54 Å². The lowest BCUT2D eigenvalue weighted by Gasteiger charge is -2.33. The lowest BCUT2D eigenvalue weighted by molar-refractivity contribution is 0.242. The molecule has 130 valence electrons. The van der Waals surface area contributed by atoms with E-state index < -0.39 is 10.0 Å². The van der Waals surface area contributed by atoms with Crippen LogP contribution in [0.15, 0.2) is 35.5 Å². The summed E-state index contributed by atoms with van der Waals surface area (Å²) in [6.45, 7) is 2.64. The molecule has 0 spiro atoms. The summed E-state index contributed by atoms with van der Waals surface area (Å²) >= 11 is 0. The van der Waals surface area contributed by atoms with Gasteiger partial charge in [0.25, 0.3) is 0 Å². The summed E-state index contributed by atoms with van der Waals surface area (Å²) in [7, 11) is -1.68. The van der Waals surface area contributed by atoms with Crippen LogP contribution in [0.3, 0.4) is 0 Å². The Labute approximate surface area is 143 Å². The summed E-state index contributed by atoms with van der Waals surface area (Å²) < 4.78 is 29.7. The van der Waals surface area contributed by atoms with Crippen LogP contribution < -0.4 is 0 Å².